The number of hydrogen-bond donors (Lipinski definition) is 1. The largest absolute Gasteiger partial charge is 0.330 e. The smallest absolute Gasteiger partial charge is 0.0645 e. The van der Waals surface area contributed by atoms with Gasteiger partial charge >= 0.3 is 0 Å². The van der Waals surface area contributed by atoms with Crippen molar-refractivity contribution in [3.8, 4) is 5.69 Å². The Morgan fingerprint density at radius 3 is 2.60 bits per heavy atom. The first-order valence-corrected chi connectivity index (χ1v) is 6.98. The molecule has 0 atom stereocenters. The Hall–Kier alpha value is -1.65. The van der Waals surface area contributed by atoms with Gasteiger partial charge in [-0.25, -0.2) is 4.68 Å². The third kappa shape index (κ3) is 3.92. The highest BCUT2D eigenvalue weighted by molar-refractivity contribution is 5.30. The van der Waals surface area contributed by atoms with E-state index in [0.29, 0.717) is 6.54 Å². The molecule has 0 aliphatic rings. The lowest BCUT2D eigenvalue weighted by molar-refractivity contribution is 0.210. The van der Waals surface area contributed by atoms with Crippen LogP contribution in [-0.2, 0) is 6.54 Å². The number of aromatic nitrogens is 2. The van der Waals surface area contributed by atoms with E-state index in [9.17, 15) is 0 Å². The molecule has 0 saturated carbocycles. The van der Waals surface area contributed by atoms with Crippen molar-refractivity contribution in [2.45, 2.75) is 20.4 Å². The maximum absolute atomic E-state index is 5.78. The van der Waals surface area contributed by atoms with Gasteiger partial charge in [-0.1, -0.05) is 32.0 Å². The van der Waals surface area contributed by atoms with Crippen LogP contribution in [0.5, 0.6) is 0 Å². The molecule has 4 heteroatoms. The predicted octanol–water partition coefficient (Wildman–Crippen LogP) is 2.29. The third-order valence-corrected chi connectivity index (χ3v) is 3.36. The summed E-state index contributed by atoms with van der Waals surface area (Å²) < 4.78 is 1.91. The van der Waals surface area contributed by atoms with E-state index < -0.39 is 0 Å². The Bertz CT molecular complexity index is 530. The van der Waals surface area contributed by atoms with E-state index in [1.165, 1.54) is 5.56 Å². The molecule has 1 heterocycles. The molecule has 0 bridgehead atoms. The SMILES string of the molecule is CN(Cc1cnn(-c2ccccc2)c1)CC(C)(C)CN. The van der Waals surface area contributed by atoms with Crippen LogP contribution in [0, 0.1) is 5.41 Å². The summed E-state index contributed by atoms with van der Waals surface area (Å²) in [6.07, 6.45) is 4.01. The predicted molar refractivity (Wildman–Crippen MR) is 82.7 cm³/mol. The van der Waals surface area contributed by atoms with Gasteiger partial charge in [0.2, 0.25) is 0 Å². The van der Waals surface area contributed by atoms with E-state index >= 15 is 0 Å². The van der Waals surface area contributed by atoms with Crippen LogP contribution in [0.15, 0.2) is 42.7 Å². The van der Waals surface area contributed by atoms with Crippen LogP contribution >= 0.6 is 0 Å². The molecule has 2 aromatic rings. The zero-order valence-electron chi connectivity index (χ0n) is 12.6. The number of hydrogen-bond acceptors (Lipinski definition) is 3. The molecule has 0 aliphatic carbocycles. The topological polar surface area (TPSA) is 47.1 Å². The second kappa shape index (κ2) is 6.20. The van der Waals surface area contributed by atoms with Gasteiger partial charge in [-0.2, -0.15) is 5.10 Å². The van der Waals surface area contributed by atoms with Gasteiger partial charge in [0, 0.05) is 24.8 Å². The Labute approximate surface area is 121 Å². The molecule has 20 heavy (non-hydrogen) atoms. The average Bonchev–Trinajstić information content (AvgIpc) is 2.87. The molecule has 0 unspecified atom stereocenters. The van der Waals surface area contributed by atoms with E-state index in [1.54, 1.807) is 0 Å². The van der Waals surface area contributed by atoms with Crippen molar-refractivity contribution >= 4 is 0 Å². The van der Waals surface area contributed by atoms with Gasteiger partial charge in [0.15, 0.2) is 0 Å². The zero-order valence-corrected chi connectivity index (χ0v) is 12.6. The first-order valence-electron chi connectivity index (χ1n) is 6.98. The molecule has 0 fully saturated rings. The van der Waals surface area contributed by atoms with Crippen molar-refractivity contribution in [3.05, 3.63) is 48.3 Å². The van der Waals surface area contributed by atoms with E-state index in [2.05, 4.69) is 49.2 Å². The van der Waals surface area contributed by atoms with Gasteiger partial charge in [0.05, 0.1) is 11.9 Å². The van der Waals surface area contributed by atoms with E-state index in [4.69, 9.17) is 5.73 Å². The van der Waals surface area contributed by atoms with Crippen LogP contribution in [0.3, 0.4) is 0 Å². The van der Waals surface area contributed by atoms with Crippen molar-refractivity contribution in [2.24, 2.45) is 11.1 Å². The average molecular weight is 272 g/mol. The molecule has 1 aromatic carbocycles. The molecule has 0 spiro atoms. The fourth-order valence-corrected chi connectivity index (χ4v) is 2.33. The highest BCUT2D eigenvalue weighted by Crippen LogP contribution is 2.16. The van der Waals surface area contributed by atoms with Gasteiger partial charge in [-0.05, 0) is 31.1 Å². The monoisotopic (exact) mass is 272 g/mol. The first-order chi connectivity index (χ1) is 9.50. The van der Waals surface area contributed by atoms with Crippen molar-refractivity contribution in [3.63, 3.8) is 0 Å². The Morgan fingerprint density at radius 1 is 1.25 bits per heavy atom. The maximum atomic E-state index is 5.78. The van der Waals surface area contributed by atoms with Crippen molar-refractivity contribution in [1.29, 1.82) is 0 Å². The van der Waals surface area contributed by atoms with E-state index in [1.807, 2.05) is 29.1 Å². The van der Waals surface area contributed by atoms with Gasteiger partial charge in [-0.3, -0.25) is 0 Å². The minimum absolute atomic E-state index is 0.143. The van der Waals surface area contributed by atoms with Gasteiger partial charge < -0.3 is 10.6 Å². The summed E-state index contributed by atoms with van der Waals surface area (Å²) in [7, 11) is 2.12. The summed E-state index contributed by atoms with van der Waals surface area (Å²) >= 11 is 0. The Balaban J connectivity index is 2.00. The molecule has 0 saturated heterocycles. The maximum Gasteiger partial charge on any atom is 0.0645 e. The van der Waals surface area contributed by atoms with Crippen molar-refractivity contribution in [2.75, 3.05) is 20.1 Å². The molecule has 1 aromatic heterocycles. The lowest BCUT2D eigenvalue weighted by atomic mass is 9.93. The Morgan fingerprint density at radius 2 is 1.95 bits per heavy atom. The van der Waals surface area contributed by atoms with Crippen LogP contribution in [0.2, 0.25) is 0 Å². The standard InChI is InChI=1S/C16H24N4/c1-16(2,12-17)13-19(3)10-14-9-18-20(11-14)15-7-5-4-6-8-15/h4-9,11H,10,12-13,17H2,1-3H3. The molecule has 2 N–H and O–H groups in total. The number of rotatable bonds is 6. The van der Waals surface area contributed by atoms with E-state index in [-0.39, 0.29) is 5.41 Å². The second-order valence-corrected chi connectivity index (χ2v) is 6.17. The number of para-hydroxylation sites is 1. The van der Waals surface area contributed by atoms with Crippen molar-refractivity contribution < 1.29 is 0 Å². The van der Waals surface area contributed by atoms with Crippen LogP contribution < -0.4 is 5.73 Å². The lowest BCUT2D eigenvalue weighted by Crippen LogP contribution is -2.36. The molecular weight excluding hydrogens is 248 g/mol. The lowest BCUT2D eigenvalue weighted by Gasteiger charge is -2.28. The molecular formula is C16H24N4. The van der Waals surface area contributed by atoms with E-state index in [0.717, 1.165) is 18.8 Å². The molecule has 108 valence electrons. The molecule has 0 aliphatic heterocycles. The molecule has 0 radical (unpaired) electrons. The zero-order chi connectivity index (χ0) is 14.6. The Kier molecular flexibility index (Phi) is 4.57. The molecule has 4 nitrogen and oxygen atoms in total. The van der Waals surface area contributed by atoms with Crippen LogP contribution in [-0.4, -0.2) is 34.8 Å². The summed E-state index contributed by atoms with van der Waals surface area (Å²) in [6, 6.07) is 10.2. The van der Waals surface area contributed by atoms with Crippen molar-refractivity contribution in [1.82, 2.24) is 14.7 Å². The number of benzene rings is 1. The minimum Gasteiger partial charge on any atom is -0.330 e. The number of nitrogens with two attached hydrogens (primary N) is 1. The highest BCUT2D eigenvalue weighted by Gasteiger charge is 2.18. The summed E-state index contributed by atoms with van der Waals surface area (Å²) in [5.74, 6) is 0. The summed E-state index contributed by atoms with van der Waals surface area (Å²) in [5.41, 5.74) is 8.23. The van der Waals surface area contributed by atoms with Gasteiger partial charge in [0.1, 0.15) is 0 Å². The van der Waals surface area contributed by atoms with Crippen LogP contribution in [0.4, 0.5) is 0 Å². The molecule has 0 amide bonds. The number of nitrogens with zero attached hydrogens (tertiary/aromatic N) is 3. The van der Waals surface area contributed by atoms with Gasteiger partial charge in [0.25, 0.3) is 0 Å². The quantitative estimate of drug-likeness (QED) is 0.877. The fourth-order valence-electron chi connectivity index (χ4n) is 2.33. The van der Waals surface area contributed by atoms with Gasteiger partial charge in [-0.15, -0.1) is 0 Å². The first kappa shape index (κ1) is 14.8. The second-order valence-electron chi connectivity index (χ2n) is 6.17. The highest BCUT2D eigenvalue weighted by atomic mass is 15.3. The molecule has 2 rings (SSSR count). The summed E-state index contributed by atoms with van der Waals surface area (Å²) in [4.78, 5) is 2.29. The summed E-state index contributed by atoms with van der Waals surface area (Å²) in [6.45, 7) is 6.94. The van der Waals surface area contributed by atoms with Crippen LogP contribution in [0.25, 0.3) is 5.69 Å². The summed E-state index contributed by atoms with van der Waals surface area (Å²) in [5, 5.41) is 4.42. The van der Waals surface area contributed by atoms with Crippen LogP contribution in [0.1, 0.15) is 19.4 Å². The third-order valence-electron chi connectivity index (χ3n) is 3.36. The minimum atomic E-state index is 0.143. The normalized spacial score (nSPS) is 12.1. The fraction of sp³-hybridized carbons (Fsp3) is 0.438.